The van der Waals surface area contributed by atoms with Crippen LogP contribution in [0.1, 0.15) is 17.5 Å². The number of thioether (sulfide) groups is 1. The third-order valence-electron chi connectivity index (χ3n) is 3.92. The maximum atomic E-state index is 12.2. The van der Waals surface area contributed by atoms with Crippen LogP contribution in [-0.4, -0.2) is 35.0 Å². The van der Waals surface area contributed by atoms with Gasteiger partial charge in [-0.3, -0.25) is 4.79 Å². The van der Waals surface area contributed by atoms with Crippen molar-refractivity contribution in [2.24, 2.45) is 0 Å². The van der Waals surface area contributed by atoms with Gasteiger partial charge in [0.25, 0.3) is 0 Å². The van der Waals surface area contributed by atoms with Gasteiger partial charge in [0.05, 0.1) is 29.0 Å². The van der Waals surface area contributed by atoms with Crippen LogP contribution < -0.4 is 16.0 Å². The van der Waals surface area contributed by atoms with Crippen LogP contribution in [0.5, 0.6) is 5.75 Å². The van der Waals surface area contributed by atoms with Crippen LogP contribution >= 0.6 is 23.4 Å². The van der Waals surface area contributed by atoms with E-state index in [2.05, 4.69) is 5.32 Å². The number of halogens is 1. The highest BCUT2D eigenvalue weighted by atomic mass is 35.5. The molecular formula is C17H17ClNO6S-. The maximum Gasteiger partial charge on any atom is 0.340 e. The fourth-order valence-electron chi connectivity index (χ4n) is 2.49. The molecule has 0 saturated carbocycles. The highest BCUT2D eigenvalue weighted by molar-refractivity contribution is 7.98. The molecule has 0 radical (unpaired) electrons. The number of nitrogens with one attached hydrogen (secondary N) is 1. The quantitative estimate of drug-likeness (QED) is 0.667. The molecule has 1 aromatic carbocycles. The number of aliphatic carboxylic acids is 1. The summed E-state index contributed by atoms with van der Waals surface area (Å²) in [6.07, 6.45) is 1.70. The van der Waals surface area contributed by atoms with E-state index in [0.717, 1.165) is 0 Å². The summed E-state index contributed by atoms with van der Waals surface area (Å²) in [7, 11) is 0. The molecule has 0 unspecified atom stereocenters. The second-order valence-electron chi connectivity index (χ2n) is 5.69. The number of carboxylic acid groups (broad SMARTS) is 1. The van der Waals surface area contributed by atoms with Crippen molar-refractivity contribution < 1.29 is 24.2 Å². The van der Waals surface area contributed by atoms with E-state index in [0.29, 0.717) is 16.7 Å². The van der Waals surface area contributed by atoms with Crippen molar-refractivity contribution >= 4 is 46.2 Å². The number of fused-ring (bicyclic) bond motifs is 1. The Labute approximate surface area is 158 Å². The number of phenolic OH excluding ortho intramolecular Hbond substituents is 1. The predicted octanol–water partition coefficient (Wildman–Crippen LogP) is 0.991. The monoisotopic (exact) mass is 398 g/mol. The number of carbonyl (C=O) groups excluding carboxylic acids is 2. The number of phenols is 1. The SMILES string of the molecule is CSCC[C@H](NC(=O)Cc1c(C)c2cc(Cl)c(O)cc2oc1=O)C(=O)[O-]. The first-order chi connectivity index (χ1) is 12.2. The van der Waals surface area contributed by atoms with Crippen molar-refractivity contribution in [3.8, 4) is 5.75 Å². The van der Waals surface area contributed by atoms with Crippen LogP contribution in [0.25, 0.3) is 11.0 Å². The molecule has 1 amide bonds. The number of benzene rings is 1. The van der Waals surface area contributed by atoms with Crippen LogP contribution in [0.2, 0.25) is 5.02 Å². The Morgan fingerprint density at radius 1 is 1.42 bits per heavy atom. The lowest BCUT2D eigenvalue weighted by Crippen LogP contribution is -2.48. The van der Waals surface area contributed by atoms with Gasteiger partial charge in [0.1, 0.15) is 11.3 Å². The summed E-state index contributed by atoms with van der Waals surface area (Å²) in [4.78, 5) is 35.5. The molecule has 1 heterocycles. The number of carbonyl (C=O) groups is 2. The van der Waals surface area contributed by atoms with E-state index in [-0.39, 0.29) is 34.8 Å². The van der Waals surface area contributed by atoms with E-state index in [9.17, 15) is 24.6 Å². The molecule has 140 valence electrons. The van der Waals surface area contributed by atoms with E-state index in [4.69, 9.17) is 16.0 Å². The normalized spacial score (nSPS) is 12.1. The van der Waals surface area contributed by atoms with Gasteiger partial charge in [-0.2, -0.15) is 11.8 Å². The maximum absolute atomic E-state index is 12.2. The first-order valence-electron chi connectivity index (χ1n) is 7.68. The zero-order valence-corrected chi connectivity index (χ0v) is 15.7. The molecule has 0 aliphatic heterocycles. The molecule has 0 bridgehead atoms. The minimum Gasteiger partial charge on any atom is -0.548 e. The summed E-state index contributed by atoms with van der Waals surface area (Å²) in [6, 6.07) is 1.54. The van der Waals surface area contributed by atoms with Crippen LogP contribution in [0.3, 0.4) is 0 Å². The Morgan fingerprint density at radius 2 is 2.12 bits per heavy atom. The Bertz CT molecular complexity index is 910. The zero-order chi connectivity index (χ0) is 19.4. The Kier molecular flexibility index (Phi) is 6.55. The molecule has 0 aliphatic carbocycles. The van der Waals surface area contributed by atoms with Crippen LogP contribution in [-0.2, 0) is 16.0 Å². The third kappa shape index (κ3) is 4.50. The average molecular weight is 399 g/mol. The Morgan fingerprint density at radius 3 is 2.73 bits per heavy atom. The predicted molar refractivity (Wildman–Crippen MR) is 97.5 cm³/mol. The summed E-state index contributed by atoms with van der Waals surface area (Å²) in [6.45, 7) is 1.62. The molecule has 2 aromatic rings. The van der Waals surface area contributed by atoms with Crippen molar-refractivity contribution in [2.45, 2.75) is 25.8 Å². The van der Waals surface area contributed by atoms with Crippen molar-refractivity contribution in [2.75, 3.05) is 12.0 Å². The number of amides is 1. The average Bonchev–Trinajstić information content (AvgIpc) is 2.57. The molecule has 2 rings (SSSR count). The molecule has 2 N–H and O–H groups in total. The highest BCUT2D eigenvalue weighted by Crippen LogP contribution is 2.30. The lowest BCUT2D eigenvalue weighted by molar-refractivity contribution is -0.308. The molecule has 7 nitrogen and oxygen atoms in total. The lowest BCUT2D eigenvalue weighted by Gasteiger charge is -2.19. The van der Waals surface area contributed by atoms with Crippen molar-refractivity contribution in [1.82, 2.24) is 5.32 Å². The highest BCUT2D eigenvalue weighted by Gasteiger charge is 2.19. The van der Waals surface area contributed by atoms with Gasteiger partial charge in [-0.25, -0.2) is 4.79 Å². The first-order valence-corrected chi connectivity index (χ1v) is 9.45. The first kappa shape index (κ1) is 20.1. The lowest BCUT2D eigenvalue weighted by atomic mass is 10.0. The van der Waals surface area contributed by atoms with Crippen molar-refractivity contribution in [1.29, 1.82) is 0 Å². The molecule has 1 aromatic heterocycles. The standard InChI is InChI=1S/C17H18ClNO6S/c1-8-9-5-11(18)13(20)7-14(9)25-17(24)10(8)6-15(21)19-12(16(22)23)3-4-26-2/h5,7,12,20H,3-4,6H2,1-2H3,(H,19,21)(H,22,23)/p-1/t12-/m0/s1. The van der Waals surface area contributed by atoms with E-state index in [1.54, 1.807) is 6.92 Å². The van der Waals surface area contributed by atoms with Gasteiger partial charge in [0.2, 0.25) is 5.91 Å². The Hall–Kier alpha value is -2.19. The number of hydrogen-bond donors (Lipinski definition) is 2. The van der Waals surface area contributed by atoms with Gasteiger partial charge in [0.15, 0.2) is 0 Å². The third-order valence-corrected chi connectivity index (χ3v) is 4.87. The second kappa shape index (κ2) is 8.46. The smallest absolute Gasteiger partial charge is 0.340 e. The van der Waals surface area contributed by atoms with Gasteiger partial charge >= 0.3 is 5.63 Å². The van der Waals surface area contributed by atoms with E-state index in [1.807, 2.05) is 6.26 Å². The summed E-state index contributed by atoms with van der Waals surface area (Å²) >= 11 is 7.33. The van der Waals surface area contributed by atoms with Gasteiger partial charge in [-0.15, -0.1) is 0 Å². The number of rotatable bonds is 7. The molecule has 0 fully saturated rings. The van der Waals surface area contributed by atoms with Crippen LogP contribution in [0.15, 0.2) is 21.3 Å². The van der Waals surface area contributed by atoms with E-state index in [1.165, 1.54) is 23.9 Å². The van der Waals surface area contributed by atoms with E-state index < -0.39 is 23.5 Å². The van der Waals surface area contributed by atoms with Crippen molar-refractivity contribution in [3.63, 3.8) is 0 Å². The van der Waals surface area contributed by atoms with E-state index >= 15 is 0 Å². The van der Waals surface area contributed by atoms with Gasteiger partial charge in [-0.1, -0.05) is 11.6 Å². The van der Waals surface area contributed by atoms with Crippen LogP contribution in [0.4, 0.5) is 0 Å². The fourth-order valence-corrected chi connectivity index (χ4v) is 3.13. The molecule has 1 atom stereocenters. The summed E-state index contributed by atoms with van der Waals surface area (Å²) in [5, 5.41) is 23.7. The van der Waals surface area contributed by atoms with Crippen LogP contribution in [0, 0.1) is 6.92 Å². The minimum atomic E-state index is -1.38. The number of aromatic hydroxyl groups is 1. The van der Waals surface area contributed by atoms with Gasteiger partial charge in [-0.05, 0) is 37.0 Å². The molecule has 0 spiro atoms. The largest absolute Gasteiger partial charge is 0.548 e. The van der Waals surface area contributed by atoms with Crippen molar-refractivity contribution in [3.05, 3.63) is 38.7 Å². The summed E-state index contributed by atoms with van der Waals surface area (Å²) in [5.74, 6) is -1.69. The molecule has 26 heavy (non-hydrogen) atoms. The molecular weight excluding hydrogens is 382 g/mol. The summed E-state index contributed by atoms with van der Waals surface area (Å²) < 4.78 is 5.14. The fraction of sp³-hybridized carbons (Fsp3) is 0.353. The van der Waals surface area contributed by atoms with Gasteiger partial charge < -0.3 is 24.7 Å². The number of aryl methyl sites for hydroxylation is 1. The minimum absolute atomic E-state index is 0.0823. The number of carboxylic acids is 1. The topological polar surface area (TPSA) is 120 Å². The molecule has 0 aliphatic rings. The Balaban J connectivity index is 2.29. The second-order valence-corrected chi connectivity index (χ2v) is 7.08. The van der Waals surface area contributed by atoms with Gasteiger partial charge in [0, 0.05) is 11.5 Å². The number of hydrogen-bond acceptors (Lipinski definition) is 7. The molecule has 0 saturated heterocycles. The zero-order valence-electron chi connectivity index (χ0n) is 14.1. The molecule has 9 heteroatoms. The summed E-state index contributed by atoms with van der Waals surface area (Å²) in [5.41, 5.74) is -0.0201.